The zero-order chi connectivity index (χ0) is 14.0. The van der Waals surface area contributed by atoms with E-state index in [9.17, 15) is 12.3 Å². The van der Waals surface area contributed by atoms with Crippen molar-refractivity contribution in [2.75, 3.05) is 14.1 Å². The van der Waals surface area contributed by atoms with Crippen LogP contribution in [-0.2, 0) is 17.0 Å². The Bertz CT molecular complexity index is 698. The maximum Gasteiger partial charge on any atom is 0.488 e. The van der Waals surface area contributed by atoms with Crippen LogP contribution in [0, 0.1) is 0 Å². The van der Waals surface area contributed by atoms with E-state index >= 15 is 0 Å². The van der Waals surface area contributed by atoms with Crippen molar-refractivity contribution in [2.24, 2.45) is 0 Å². The Kier molecular flexibility index (Phi) is 3.73. The Hall–Kier alpha value is -1.66. The van der Waals surface area contributed by atoms with E-state index in [-0.39, 0.29) is 5.75 Å². The predicted molar refractivity (Wildman–Crippen MR) is 72.0 cm³/mol. The van der Waals surface area contributed by atoms with Gasteiger partial charge in [-0.15, -0.1) is 0 Å². The SMILES string of the molecule is CN(C)Cc1c(OS(=O)(=O)F)ccc2ccccc12. The van der Waals surface area contributed by atoms with Gasteiger partial charge in [-0.05, 0) is 30.9 Å². The van der Waals surface area contributed by atoms with E-state index in [0.29, 0.717) is 12.1 Å². The largest absolute Gasteiger partial charge is 0.488 e. The number of fused-ring (bicyclic) bond motifs is 1. The van der Waals surface area contributed by atoms with Gasteiger partial charge in [0.05, 0.1) is 0 Å². The highest BCUT2D eigenvalue weighted by molar-refractivity contribution is 7.81. The normalized spacial score (nSPS) is 12.0. The summed E-state index contributed by atoms with van der Waals surface area (Å²) < 4.78 is 38.5. The molecule has 2 rings (SSSR count). The van der Waals surface area contributed by atoms with Crippen LogP contribution >= 0.6 is 0 Å². The van der Waals surface area contributed by atoms with Gasteiger partial charge in [-0.2, -0.15) is 8.42 Å². The van der Waals surface area contributed by atoms with Gasteiger partial charge in [0.15, 0.2) is 0 Å². The van der Waals surface area contributed by atoms with E-state index in [1.54, 1.807) is 6.07 Å². The zero-order valence-electron chi connectivity index (χ0n) is 10.6. The molecule has 0 aliphatic rings. The fraction of sp³-hybridized carbons (Fsp3) is 0.231. The van der Waals surface area contributed by atoms with Crippen LogP contribution in [0.5, 0.6) is 5.75 Å². The average Bonchev–Trinajstić information content (AvgIpc) is 2.30. The first-order valence-corrected chi connectivity index (χ1v) is 6.97. The highest BCUT2D eigenvalue weighted by atomic mass is 32.3. The van der Waals surface area contributed by atoms with Gasteiger partial charge in [-0.3, -0.25) is 0 Å². The number of hydrogen-bond donors (Lipinski definition) is 0. The highest BCUT2D eigenvalue weighted by Gasteiger charge is 2.16. The standard InChI is InChI=1S/C13H14FNO3S/c1-15(2)9-12-11-6-4-3-5-10(11)7-8-13(12)18-19(14,16)17/h3-8H,9H2,1-2H3. The van der Waals surface area contributed by atoms with Crippen LogP contribution in [0.4, 0.5) is 3.89 Å². The smallest absolute Gasteiger partial charge is 0.358 e. The number of benzene rings is 2. The van der Waals surface area contributed by atoms with Crippen molar-refractivity contribution in [3.63, 3.8) is 0 Å². The van der Waals surface area contributed by atoms with Crippen LogP contribution < -0.4 is 4.18 Å². The van der Waals surface area contributed by atoms with Crippen LogP contribution in [-0.4, -0.2) is 27.4 Å². The van der Waals surface area contributed by atoms with E-state index in [0.717, 1.165) is 10.8 Å². The average molecular weight is 283 g/mol. The van der Waals surface area contributed by atoms with Gasteiger partial charge in [0, 0.05) is 12.1 Å². The minimum atomic E-state index is -5.02. The second-order valence-electron chi connectivity index (χ2n) is 4.48. The minimum Gasteiger partial charge on any atom is -0.358 e. The summed E-state index contributed by atoms with van der Waals surface area (Å²) in [6.45, 7) is 0.451. The lowest BCUT2D eigenvalue weighted by Gasteiger charge is -2.15. The van der Waals surface area contributed by atoms with Crippen molar-refractivity contribution < 1.29 is 16.5 Å². The van der Waals surface area contributed by atoms with E-state index < -0.39 is 10.5 Å². The maximum absolute atomic E-state index is 12.7. The molecule has 2 aromatic rings. The minimum absolute atomic E-state index is 0.0231. The first-order valence-electron chi connectivity index (χ1n) is 5.66. The van der Waals surface area contributed by atoms with E-state index in [1.165, 1.54) is 6.07 Å². The third-order valence-electron chi connectivity index (χ3n) is 2.66. The van der Waals surface area contributed by atoms with Crippen LogP contribution in [0.15, 0.2) is 36.4 Å². The molecule has 0 saturated carbocycles. The van der Waals surface area contributed by atoms with Crippen molar-refractivity contribution in [2.45, 2.75) is 6.54 Å². The molecule has 0 atom stereocenters. The number of halogens is 1. The summed E-state index contributed by atoms with van der Waals surface area (Å²) >= 11 is 0. The number of nitrogens with zero attached hydrogens (tertiary/aromatic N) is 1. The lowest BCUT2D eigenvalue weighted by Crippen LogP contribution is -2.13. The topological polar surface area (TPSA) is 46.6 Å². The van der Waals surface area contributed by atoms with Gasteiger partial charge >= 0.3 is 10.5 Å². The first kappa shape index (κ1) is 13.8. The van der Waals surface area contributed by atoms with Crippen molar-refractivity contribution in [3.8, 4) is 5.75 Å². The molecule has 0 saturated heterocycles. The lowest BCUT2D eigenvalue weighted by molar-refractivity contribution is 0.391. The Labute approximate surface area is 111 Å². The van der Waals surface area contributed by atoms with Crippen LogP contribution in [0.25, 0.3) is 10.8 Å². The summed E-state index contributed by atoms with van der Waals surface area (Å²) in [5.41, 5.74) is 0.643. The van der Waals surface area contributed by atoms with Gasteiger partial charge in [-0.1, -0.05) is 34.2 Å². The highest BCUT2D eigenvalue weighted by Crippen LogP contribution is 2.30. The molecule has 0 radical (unpaired) electrons. The molecule has 6 heteroatoms. The second kappa shape index (κ2) is 5.14. The summed E-state index contributed by atoms with van der Waals surface area (Å²) in [4.78, 5) is 1.86. The van der Waals surface area contributed by atoms with Crippen LogP contribution in [0.1, 0.15) is 5.56 Å². The van der Waals surface area contributed by atoms with Crippen LogP contribution in [0.2, 0.25) is 0 Å². The summed E-state index contributed by atoms with van der Waals surface area (Å²) in [6, 6.07) is 10.7. The molecule has 0 N–H and O–H groups in total. The van der Waals surface area contributed by atoms with E-state index in [2.05, 4.69) is 4.18 Å². The molecule has 0 amide bonds. The Balaban J connectivity index is 2.62. The maximum atomic E-state index is 12.7. The molecule has 0 spiro atoms. The molecule has 0 aliphatic carbocycles. The molecular weight excluding hydrogens is 269 g/mol. The Morgan fingerprint density at radius 1 is 1.16 bits per heavy atom. The van der Waals surface area contributed by atoms with Crippen molar-refractivity contribution >= 4 is 21.3 Å². The summed E-state index contributed by atoms with van der Waals surface area (Å²) in [5, 5.41) is 1.79. The van der Waals surface area contributed by atoms with Gasteiger partial charge in [0.2, 0.25) is 0 Å². The van der Waals surface area contributed by atoms with Crippen LogP contribution in [0.3, 0.4) is 0 Å². The van der Waals surface area contributed by atoms with Crippen molar-refractivity contribution in [1.82, 2.24) is 4.90 Å². The lowest BCUT2D eigenvalue weighted by atomic mass is 10.0. The van der Waals surface area contributed by atoms with E-state index in [4.69, 9.17) is 0 Å². The van der Waals surface area contributed by atoms with Gasteiger partial charge in [-0.25, -0.2) is 0 Å². The van der Waals surface area contributed by atoms with Gasteiger partial charge in [0.25, 0.3) is 0 Å². The van der Waals surface area contributed by atoms with Crippen molar-refractivity contribution in [3.05, 3.63) is 42.0 Å². The van der Waals surface area contributed by atoms with Gasteiger partial charge in [0.1, 0.15) is 5.75 Å². The first-order chi connectivity index (χ1) is 8.87. The molecule has 2 aromatic carbocycles. The summed E-state index contributed by atoms with van der Waals surface area (Å²) in [6.07, 6.45) is 0. The molecule has 4 nitrogen and oxygen atoms in total. The Morgan fingerprint density at radius 3 is 2.47 bits per heavy atom. The monoisotopic (exact) mass is 283 g/mol. The van der Waals surface area contributed by atoms with Gasteiger partial charge < -0.3 is 9.08 Å². The molecule has 0 aliphatic heterocycles. The third-order valence-corrected chi connectivity index (χ3v) is 3.04. The molecule has 0 unspecified atom stereocenters. The summed E-state index contributed by atoms with van der Waals surface area (Å²) in [7, 11) is -1.34. The zero-order valence-corrected chi connectivity index (χ0v) is 11.4. The molecule has 0 aromatic heterocycles. The fourth-order valence-electron chi connectivity index (χ4n) is 1.98. The van der Waals surface area contributed by atoms with Crippen molar-refractivity contribution in [1.29, 1.82) is 0 Å². The number of rotatable bonds is 4. The quantitative estimate of drug-likeness (QED) is 0.809. The third kappa shape index (κ3) is 3.42. The Morgan fingerprint density at radius 2 is 1.84 bits per heavy atom. The van der Waals surface area contributed by atoms with E-state index in [1.807, 2.05) is 43.3 Å². The molecule has 0 bridgehead atoms. The second-order valence-corrected chi connectivity index (χ2v) is 5.43. The number of hydrogen-bond acceptors (Lipinski definition) is 4. The molecule has 0 heterocycles. The molecule has 102 valence electrons. The molecular formula is C13H14FNO3S. The molecule has 19 heavy (non-hydrogen) atoms. The fourth-order valence-corrected chi connectivity index (χ4v) is 2.35. The molecule has 0 fully saturated rings. The summed E-state index contributed by atoms with van der Waals surface area (Å²) in [5.74, 6) is 0.0231. The predicted octanol–water partition coefficient (Wildman–Crippen LogP) is 2.49.